The van der Waals surface area contributed by atoms with Crippen molar-refractivity contribution in [3.05, 3.63) is 443 Å². The van der Waals surface area contributed by atoms with Gasteiger partial charge < -0.3 is 9.13 Å². The van der Waals surface area contributed by atoms with Crippen LogP contribution in [-0.4, -0.2) is 69.3 Å². The topological polar surface area (TPSA) is 149 Å². The molecular formula is C111H78N12O2. The first-order chi connectivity index (χ1) is 61.2. The summed E-state index contributed by atoms with van der Waals surface area (Å²) in [5, 5.41) is 5.25. The minimum absolute atomic E-state index is 0.0236. The van der Waals surface area contributed by atoms with Crippen molar-refractivity contribution in [3.8, 4) is 50.8 Å². The predicted octanol–water partition coefficient (Wildman–Crippen LogP) is 24.4. The third-order valence-corrected chi connectivity index (χ3v) is 27.0. The number of carbonyl (C=O) groups is 2. The summed E-state index contributed by atoms with van der Waals surface area (Å²) in [5.41, 5.74) is 30.6. The first-order valence-corrected chi connectivity index (χ1v) is 42.5. The number of imidazole rings is 2. The lowest BCUT2D eigenvalue weighted by Gasteiger charge is -2.39. The maximum absolute atomic E-state index is 14.2. The van der Waals surface area contributed by atoms with Gasteiger partial charge in [-0.1, -0.05) is 236 Å². The monoisotopic (exact) mass is 1610 g/mol. The molecule has 4 aliphatic rings. The van der Waals surface area contributed by atoms with E-state index in [1.165, 1.54) is 33.5 Å². The van der Waals surface area contributed by atoms with Crippen LogP contribution in [0, 0.1) is 0 Å². The number of pyridine rings is 5. The first-order valence-electron chi connectivity index (χ1n) is 42.5. The highest BCUT2D eigenvalue weighted by Gasteiger charge is 2.53. The van der Waals surface area contributed by atoms with Crippen LogP contribution in [0.4, 0.5) is 0 Å². The zero-order valence-electron chi connectivity index (χ0n) is 69.3. The molecule has 10 aromatic heterocycles. The number of rotatable bonds is 9. The Kier molecular flexibility index (Phi) is 15.9. The van der Waals surface area contributed by atoms with Gasteiger partial charge in [0.05, 0.1) is 78.3 Å². The van der Waals surface area contributed by atoms with Crippen molar-refractivity contribution in [1.82, 2.24) is 57.7 Å². The Labute approximate surface area is 719 Å². The third kappa shape index (κ3) is 10.5. The van der Waals surface area contributed by atoms with Crippen LogP contribution < -0.4 is 0 Å². The van der Waals surface area contributed by atoms with Crippen LogP contribution in [-0.2, 0) is 21.7 Å². The van der Waals surface area contributed by atoms with Crippen LogP contribution in [0.1, 0.15) is 130 Å². The quantitative estimate of drug-likeness (QED) is 0.129. The van der Waals surface area contributed by atoms with Gasteiger partial charge in [0.1, 0.15) is 22.9 Å². The van der Waals surface area contributed by atoms with Gasteiger partial charge in [0.25, 0.3) is 0 Å². The molecule has 125 heavy (non-hydrogen) atoms. The van der Waals surface area contributed by atoms with Crippen molar-refractivity contribution in [1.29, 1.82) is 0 Å². The first kappa shape index (κ1) is 73.0. The molecule has 0 unspecified atom stereocenters. The fourth-order valence-electron chi connectivity index (χ4n) is 21.1. The van der Waals surface area contributed by atoms with Crippen molar-refractivity contribution >= 4 is 99.2 Å². The highest BCUT2D eigenvalue weighted by molar-refractivity contribution is 6.19. The lowest BCUT2D eigenvalue weighted by molar-refractivity contribution is 0.103. The van der Waals surface area contributed by atoms with E-state index in [-0.39, 0.29) is 27.8 Å². The number of benzene rings is 12. The Hall–Kier alpha value is -15.9. The van der Waals surface area contributed by atoms with Crippen molar-refractivity contribution < 1.29 is 9.59 Å². The molecule has 0 spiro atoms. The molecule has 26 rings (SSSR count). The summed E-state index contributed by atoms with van der Waals surface area (Å²) in [7, 11) is 0. The van der Waals surface area contributed by atoms with Crippen LogP contribution in [0.15, 0.2) is 365 Å². The summed E-state index contributed by atoms with van der Waals surface area (Å²) in [6.07, 6.45) is 15.2. The van der Waals surface area contributed by atoms with Crippen molar-refractivity contribution in [3.63, 3.8) is 0 Å². The molecule has 594 valence electrons. The molecule has 22 aromatic rings. The van der Waals surface area contributed by atoms with Gasteiger partial charge in [-0.3, -0.25) is 43.2 Å². The standard InChI is InChI=1S/C43H27N7.C36H28N2O.C32H23N3O/c1-3-13-28(14-4-1)48-38-21-11-8-18-34(38)46-41(48)43(42-47-35-19-9-12-22-39(35)49(42)29-15-5-2-6-16-29)32-17-7-10-20-37(32)50-36-23-24-44-25-30(36)31-26-45-27-33(43)40(31)50;1-35(2)26-11-6-5-10-23(26)24-16-15-21(19-28(24)35)34(39)22-18-25-32-31(14-9-17-37-32)38-30-13-8-7-12-27(30)36(3,4)29(20-22)33(25)38;1-32(2)26-9-6-15-34-31(26)35-28-19-33-16-14-24(28)25-17-23(18-27(32)29(25)35)30(36)22-12-10-21(11-13-22)20-7-4-3-5-8-20/h1-27H;5-20H,1-4H3;3-19H,1-2H3. The maximum Gasteiger partial charge on any atom is 0.193 e. The van der Waals surface area contributed by atoms with Gasteiger partial charge in [0.15, 0.2) is 11.6 Å². The lowest BCUT2D eigenvalue weighted by Crippen LogP contribution is -2.40. The number of ketones is 2. The molecule has 0 amide bonds. The minimum atomic E-state index is -1.04. The van der Waals surface area contributed by atoms with Gasteiger partial charge in [-0.2, -0.15) is 0 Å². The Morgan fingerprint density at radius 1 is 0.280 bits per heavy atom. The van der Waals surface area contributed by atoms with Crippen molar-refractivity contribution in [2.75, 3.05) is 0 Å². The summed E-state index contributed by atoms with van der Waals surface area (Å²) in [4.78, 5) is 62.8. The molecule has 0 atom stereocenters. The molecule has 14 heteroatoms. The summed E-state index contributed by atoms with van der Waals surface area (Å²) >= 11 is 0. The molecule has 1 aliphatic carbocycles. The van der Waals surface area contributed by atoms with Crippen molar-refractivity contribution in [2.24, 2.45) is 0 Å². The zero-order valence-corrected chi connectivity index (χ0v) is 69.3. The van der Waals surface area contributed by atoms with E-state index in [4.69, 9.17) is 24.9 Å². The molecule has 3 aliphatic heterocycles. The Morgan fingerprint density at radius 2 is 0.768 bits per heavy atom. The predicted molar refractivity (Wildman–Crippen MR) is 499 cm³/mol. The molecule has 0 saturated heterocycles. The zero-order chi connectivity index (χ0) is 83.9. The molecular weight excluding hydrogens is 1530 g/mol. The van der Waals surface area contributed by atoms with Crippen LogP contribution in [0.5, 0.6) is 0 Å². The Balaban J connectivity index is 0.000000107. The minimum Gasteiger partial charge on any atom is -0.308 e. The number of nitrogens with zero attached hydrogens (tertiary/aromatic N) is 12. The third-order valence-electron chi connectivity index (χ3n) is 27.0. The van der Waals surface area contributed by atoms with E-state index < -0.39 is 5.41 Å². The lowest BCUT2D eigenvalue weighted by atomic mass is 9.70. The number of hydrogen-bond donors (Lipinski definition) is 0. The van der Waals surface area contributed by atoms with E-state index in [0.717, 1.165) is 167 Å². The molecule has 0 radical (unpaired) electrons. The number of carbonyl (C=O) groups excluding carboxylic acids is 2. The van der Waals surface area contributed by atoms with Gasteiger partial charge in [-0.15, -0.1) is 0 Å². The number of aromatic nitrogens is 12. The highest BCUT2D eigenvalue weighted by Crippen LogP contribution is 2.57. The van der Waals surface area contributed by atoms with E-state index in [1.807, 2.05) is 122 Å². The molecule has 0 fully saturated rings. The SMILES string of the molecule is CC1(C)c2ccccc2-c2ccc(C(=O)c3cc4c5c(c3)c3ncccc3n5-c3ccccc3C4(C)C)cc21.CC1(C)c2cccnc2-n2c3cnccc3c3cc(C(=O)c4ccc(-c5ccccc5)cc4)cc1c32.c1ccc(-n2c(C3(c4nc5ccccc5n4-c4ccccc4)c4ccccc4-n4c5ccncc5c5cncc3c54)nc3ccccc32)cc1. The van der Waals surface area contributed by atoms with Gasteiger partial charge in [-0.05, 0) is 171 Å². The van der Waals surface area contributed by atoms with Gasteiger partial charge in [-0.25, -0.2) is 15.0 Å². The number of para-hydroxylation sites is 8. The molecule has 0 bridgehead atoms. The van der Waals surface area contributed by atoms with Gasteiger partial charge in [0, 0.05) is 137 Å². The average molecular weight is 1610 g/mol. The van der Waals surface area contributed by atoms with Crippen LogP contribution in [0.25, 0.3) is 138 Å². The summed E-state index contributed by atoms with van der Waals surface area (Å²) in [6, 6.07) is 109. The normalized spacial score (nSPS) is 14.2. The van der Waals surface area contributed by atoms with E-state index >= 15 is 0 Å². The van der Waals surface area contributed by atoms with Crippen LogP contribution >= 0.6 is 0 Å². The van der Waals surface area contributed by atoms with E-state index in [9.17, 15) is 9.59 Å². The molecule has 13 heterocycles. The highest BCUT2D eigenvalue weighted by atomic mass is 16.1. The molecule has 12 aromatic carbocycles. The number of fused-ring (bicyclic) bond motifs is 20. The second-order valence-corrected chi connectivity index (χ2v) is 34.7. The van der Waals surface area contributed by atoms with E-state index in [2.05, 4.69) is 317 Å². The summed E-state index contributed by atoms with van der Waals surface area (Å²) in [5.74, 6) is 2.69. The fraction of sp³-hybridized carbons (Fsp3) is 0.0901. The second-order valence-electron chi connectivity index (χ2n) is 34.7. The van der Waals surface area contributed by atoms with Gasteiger partial charge >= 0.3 is 0 Å². The van der Waals surface area contributed by atoms with E-state index in [1.54, 1.807) is 0 Å². The fourth-order valence-corrected chi connectivity index (χ4v) is 21.1. The maximum atomic E-state index is 14.2. The second kappa shape index (κ2) is 27.3. The summed E-state index contributed by atoms with van der Waals surface area (Å²) < 4.78 is 11.6. The van der Waals surface area contributed by atoms with Crippen LogP contribution in [0.3, 0.4) is 0 Å². The Bertz CT molecular complexity index is 8190. The average Bonchev–Trinajstić information content (AvgIpc) is 1.53. The molecule has 0 saturated carbocycles. The largest absolute Gasteiger partial charge is 0.308 e. The number of hydrogen-bond acceptors (Lipinski definition) is 9. The summed E-state index contributed by atoms with van der Waals surface area (Å²) in [6.45, 7) is 13.5. The Morgan fingerprint density at radius 3 is 1.47 bits per heavy atom. The smallest absolute Gasteiger partial charge is 0.193 e. The molecule has 0 N–H and O–H groups in total. The van der Waals surface area contributed by atoms with E-state index in [0.29, 0.717) is 16.7 Å². The molecule has 14 nitrogen and oxygen atoms in total. The van der Waals surface area contributed by atoms with Crippen molar-refractivity contribution in [2.45, 2.75) is 63.2 Å². The van der Waals surface area contributed by atoms with Gasteiger partial charge in [0.2, 0.25) is 0 Å². The van der Waals surface area contributed by atoms with Crippen LogP contribution in [0.2, 0.25) is 0 Å².